The smallest absolute Gasteiger partial charge is 0.323 e. The molecule has 3 rings (SSSR count). The highest BCUT2D eigenvalue weighted by Gasteiger charge is 2.55. The minimum atomic E-state index is -2.86. The maximum absolute atomic E-state index is 13.8. The number of ether oxygens (including phenoxy) is 1. The Morgan fingerprint density at radius 2 is 1.45 bits per heavy atom. The third kappa shape index (κ3) is 4.96. The molecule has 0 aliphatic heterocycles. The monoisotopic (exact) mass is 438 g/mol. The minimum Gasteiger partial charge on any atom is -0.509 e. The molecule has 0 saturated heterocycles. The van der Waals surface area contributed by atoms with Crippen molar-refractivity contribution in [2.24, 2.45) is 5.41 Å². The molecule has 31 heavy (non-hydrogen) atoms. The molecule has 1 aliphatic rings. The Balaban J connectivity index is 1.95. The van der Waals surface area contributed by atoms with E-state index in [2.05, 4.69) is 83.1 Å². The van der Waals surface area contributed by atoms with Crippen molar-refractivity contribution in [3.63, 3.8) is 0 Å². The molecular weight excluding hydrogens is 400 g/mol. The van der Waals surface area contributed by atoms with Gasteiger partial charge in [-0.3, -0.25) is 4.79 Å². The molecule has 0 amide bonds. The number of rotatable bonds is 7. The first-order valence-electron chi connectivity index (χ1n) is 11.7. The van der Waals surface area contributed by atoms with Crippen LogP contribution in [-0.2, 0) is 14.0 Å². The van der Waals surface area contributed by atoms with Gasteiger partial charge in [0, 0.05) is 6.61 Å². The van der Waals surface area contributed by atoms with Crippen molar-refractivity contribution in [2.45, 2.75) is 77.9 Å². The van der Waals surface area contributed by atoms with Gasteiger partial charge in [-0.05, 0) is 54.4 Å². The number of benzene rings is 2. The highest BCUT2D eigenvalue weighted by atomic mass is 28.4. The van der Waals surface area contributed by atoms with Crippen LogP contribution in [0.15, 0.2) is 60.7 Å². The van der Waals surface area contributed by atoms with Crippen molar-refractivity contribution in [3.05, 3.63) is 60.7 Å². The van der Waals surface area contributed by atoms with E-state index in [0.717, 1.165) is 49.1 Å². The molecule has 0 heterocycles. The zero-order chi connectivity index (χ0) is 22.5. The van der Waals surface area contributed by atoms with E-state index in [1.165, 1.54) is 0 Å². The fourth-order valence-corrected chi connectivity index (χ4v) is 9.25. The lowest BCUT2D eigenvalue weighted by atomic mass is 9.75. The molecule has 1 saturated carbocycles. The van der Waals surface area contributed by atoms with Crippen LogP contribution in [0.4, 0.5) is 0 Å². The Labute approximate surface area is 189 Å². The maximum atomic E-state index is 13.8. The largest absolute Gasteiger partial charge is 0.509 e. The Hall–Kier alpha value is -1.91. The predicted octanol–water partition coefficient (Wildman–Crippen LogP) is 5.47. The normalized spacial score (nSPS) is 22.2. The molecule has 0 aromatic heterocycles. The Kier molecular flexibility index (Phi) is 7.43. The van der Waals surface area contributed by atoms with Gasteiger partial charge in [0.15, 0.2) is 0 Å². The number of carbonyl (C=O) groups excluding carboxylic acids is 1. The predicted molar refractivity (Wildman–Crippen MR) is 130 cm³/mol. The number of hydrogen-bond acceptors (Lipinski definition) is 3. The molecule has 0 N–H and O–H groups in total. The number of carbonyl (C=O) groups is 1. The van der Waals surface area contributed by atoms with Crippen LogP contribution in [0.25, 0.3) is 0 Å². The van der Waals surface area contributed by atoms with E-state index in [-0.39, 0.29) is 17.1 Å². The Bertz CT molecular complexity index is 794. The molecule has 2 aromatic rings. The van der Waals surface area contributed by atoms with Crippen molar-refractivity contribution >= 4 is 24.7 Å². The second kappa shape index (κ2) is 9.70. The van der Waals surface area contributed by atoms with Gasteiger partial charge in [0.2, 0.25) is 0 Å². The van der Waals surface area contributed by atoms with Gasteiger partial charge in [0.25, 0.3) is 5.97 Å². The van der Waals surface area contributed by atoms with Crippen molar-refractivity contribution in [1.82, 2.24) is 0 Å². The summed E-state index contributed by atoms with van der Waals surface area (Å²) < 4.78 is 12.7. The van der Waals surface area contributed by atoms with Crippen molar-refractivity contribution in [3.8, 4) is 0 Å². The third-order valence-corrected chi connectivity index (χ3v) is 11.6. The molecule has 0 bridgehead atoms. The van der Waals surface area contributed by atoms with E-state index in [4.69, 9.17) is 9.16 Å². The molecule has 2 aromatic carbocycles. The van der Waals surface area contributed by atoms with Gasteiger partial charge in [-0.2, -0.15) is 0 Å². The van der Waals surface area contributed by atoms with Crippen molar-refractivity contribution in [2.75, 3.05) is 6.61 Å². The molecule has 168 valence electrons. The summed E-state index contributed by atoms with van der Waals surface area (Å²) in [5, 5.41) is 2.08. The zero-order valence-corrected chi connectivity index (χ0v) is 20.8. The average Bonchev–Trinajstić information content (AvgIpc) is 2.77. The summed E-state index contributed by atoms with van der Waals surface area (Å²) in [5.74, 6) is -0.0456. The molecule has 1 aliphatic carbocycles. The lowest BCUT2D eigenvalue weighted by Gasteiger charge is -2.45. The van der Waals surface area contributed by atoms with Gasteiger partial charge in [-0.15, -0.1) is 0 Å². The fourth-order valence-electron chi connectivity index (χ4n) is 4.80. The topological polar surface area (TPSA) is 35.5 Å². The third-order valence-electron chi connectivity index (χ3n) is 6.75. The summed E-state index contributed by atoms with van der Waals surface area (Å²) in [5.41, 5.74) is -0.459. The molecule has 0 unspecified atom stereocenters. The molecule has 0 radical (unpaired) electrons. The summed E-state index contributed by atoms with van der Waals surface area (Å²) in [7, 11) is -2.86. The highest BCUT2D eigenvalue weighted by molar-refractivity contribution is 7.00. The quantitative estimate of drug-likeness (QED) is 0.538. The lowest BCUT2D eigenvalue weighted by molar-refractivity contribution is -0.149. The SMILES string of the molecule is CCCOC1CCC(C)(C(=O)O[Si](c2ccccc2)(c2ccccc2)C(C)(C)C)CC1. The van der Waals surface area contributed by atoms with Gasteiger partial charge >= 0.3 is 8.32 Å². The summed E-state index contributed by atoms with van der Waals surface area (Å²) in [4.78, 5) is 13.8. The highest BCUT2D eigenvalue weighted by Crippen LogP contribution is 2.42. The minimum absolute atomic E-state index is 0.0456. The lowest BCUT2D eigenvalue weighted by Crippen LogP contribution is -2.68. The van der Waals surface area contributed by atoms with Gasteiger partial charge in [0.05, 0.1) is 11.5 Å². The molecule has 4 heteroatoms. The molecule has 0 spiro atoms. The summed E-state index contributed by atoms with van der Waals surface area (Å²) in [6.45, 7) is 11.7. The van der Waals surface area contributed by atoms with E-state index >= 15 is 0 Å². The van der Waals surface area contributed by atoms with Crippen molar-refractivity contribution < 1.29 is 14.0 Å². The standard InChI is InChI=1S/C27H38O3Si/c1-6-21-29-22-17-19-27(5,20-18-22)25(28)30-31(26(2,3)4,23-13-9-7-10-14-23)24-15-11-8-12-16-24/h7-16,22H,6,17-21H2,1-5H3. The van der Waals surface area contributed by atoms with Crippen LogP contribution in [0.3, 0.4) is 0 Å². The first-order chi connectivity index (χ1) is 14.7. The number of hydrogen-bond donors (Lipinski definition) is 0. The Morgan fingerprint density at radius 3 is 1.87 bits per heavy atom. The van der Waals surface area contributed by atoms with Crippen LogP contribution >= 0.6 is 0 Å². The first kappa shape index (κ1) is 23.7. The molecular formula is C27H38O3Si. The van der Waals surface area contributed by atoms with Gasteiger partial charge in [-0.1, -0.05) is 88.4 Å². The van der Waals surface area contributed by atoms with Gasteiger partial charge in [-0.25, -0.2) is 0 Å². The summed E-state index contributed by atoms with van der Waals surface area (Å²) >= 11 is 0. The summed E-state index contributed by atoms with van der Waals surface area (Å²) in [6, 6.07) is 20.8. The summed E-state index contributed by atoms with van der Waals surface area (Å²) in [6.07, 6.45) is 4.79. The van der Waals surface area contributed by atoms with Gasteiger partial charge < -0.3 is 9.16 Å². The zero-order valence-electron chi connectivity index (χ0n) is 19.8. The van der Waals surface area contributed by atoms with Crippen LogP contribution in [0.2, 0.25) is 5.04 Å². The average molecular weight is 439 g/mol. The fraction of sp³-hybridized carbons (Fsp3) is 0.519. The molecule has 3 nitrogen and oxygen atoms in total. The second-order valence-corrected chi connectivity index (χ2v) is 14.4. The molecule has 0 atom stereocenters. The van der Waals surface area contributed by atoms with Crippen molar-refractivity contribution in [1.29, 1.82) is 0 Å². The van der Waals surface area contributed by atoms with Crippen LogP contribution < -0.4 is 10.4 Å². The maximum Gasteiger partial charge on any atom is 0.323 e. The van der Waals surface area contributed by atoms with Gasteiger partial charge in [0.1, 0.15) is 0 Å². The van der Waals surface area contributed by atoms with Crippen LogP contribution in [0, 0.1) is 5.41 Å². The second-order valence-electron chi connectivity index (χ2n) is 10.2. The first-order valence-corrected chi connectivity index (χ1v) is 13.6. The Morgan fingerprint density at radius 1 is 0.968 bits per heavy atom. The van der Waals surface area contributed by atoms with E-state index in [9.17, 15) is 4.79 Å². The van der Waals surface area contributed by atoms with E-state index in [1.807, 2.05) is 12.1 Å². The van der Waals surface area contributed by atoms with Crippen LogP contribution in [0.1, 0.15) is 66.7 Å². The van der Waals surface area contributed by atoms with E-state index in [1.54, 1.807) is 0 Å². The molecule has 1 fully saturated rings. The van der Waals surface area contributed by atoms with Crippen LogP contribution in [-0.4, -0.2) is 27.0 Å². The van der Waals surface area contributed by atoms with E-state index < -0.39 is 13.7 Å². The van der Waals surface area contributed by atoms with E-state index in [0.29, 0.717) is 0 Å². The van der Waals surface area contributed by atoms with Crippen LogP contribution in [0.5, 0.6) is 0 Å².